The highest BCUT2D eigenvalue weighted by Gasteiger charge is 2.11. The van der Waals surface area contributed by atoms with Crippen LogP contribution in [0.15, 0.2) is 12.4 Å². The Morgan fingerprint density at radius 2 is 2.54 bits per heavy atom. The Morgan fingerprint density at radius 1 is 1.77 bits per heavy atom. The molecule has 0 aromatic carbocycles. The molecule has 0 aliphatic heterocycles. The molecule has 1 amide bonds. The van der Waals surface area contributed by atoms with Gasteiger partial charge in [-0.25, -0.2) is 0 Å². The second kappa shape index (κ2) is 4.64. The number of H-pyrrole nitrogens is 1. The maximum absolute atomic E-state index is 11.4. The molecule has 1 aromatic rings. The summed E-state index contributed by atoms with van der Waals surface area (Å²) in [6.07, 6.45) is 5.21. The van der Waals surface area contributed by atoms with Gasteiger partial charge in [-0.05, 0) is 6.42 Å². The van der Waals surface area contributed by atoms with Crippen LogP contribution in [0.2, 0.25) is 0 Å². The monoisotopic (exact) mass is 181 g/mol. The third kappa shape index (κ3) is 2.89. The second-order valence-electron chi connectivity index (χ2n) is 3.17. The average molecular weight is 181 g/mol. The number of aromatic amines is 1. The van der Waals surface area contributed by atoms with Crippen molar-refractivity contribution in [3.8, 4) is 0 Å². The summed E-state index contributed by atoms with van der Waals surface area (Å²) in [5, 5.41) is 9.16. The van der Waals surface area contributed by atoms with Crippen LogP contribution in [0, 0.1) is 5.92 Å². The fourth-order valence-electron chi connectivity index (χ4n) is 1.15. The van der Waals surface area contributed by atoms with Crippen molar-refractivity contribution in [1.82, 2.24) is 10.2 Å². The first-order valence-electron chi connectivity index (χ1n) is 4.53. The van der Waals surface area contributed by atoms with E-state index >= 15 is 0 Å². The maximum atomic E-state index is 11.4. The van der Waals surface area contributed by atoms with Crippen molar-refractivity contribution >= 4 is 11.6 Å². The molecular weight excluding hydrogens is 166 g/mol. The molecule has 0 bridgehead atoms. The SMILES string of the molecule is CCCC(C)C(=O)Nc1cn[nH]c1. The van der Waals surface area contributed by atoms with E-state index in [2.05, 4.69) is 22.4 Å². The smallest absolute Gasteiger partial charge is 0.227 e. The Hall–Kier alpha value is -1.32. The summed E-state index contributed by atoms with van der Waals surface area (Å²) >= 11 is 0. The van der Waals surface area contributed by atoms with Crippen LogP contribution < -0.4 is 5.32 Å². The molecule has 0 spiro atoms. The summed E-state index contributed by atoms with van der Waals surface area (Å²) in [6, 6.07) is 0. The van der Waals surface area contributed by atoms with Crippen molar-refractivity contribution in [2.75, 3.05) is 5.32 Å². The van der Waals surface area contributed by atoms with E-state index in [1.165, 1.54) is 0 Å². The molecule has 1 heterocycles. The lowest BCUT2D eigenvalue weighted by atomic mass is 10.1. The van der Waals surface area contributed by atoms with Crippen LogP contribution in [-0.2, 0) is 4.79 Å². The molecule has 1 rings (SSSR count). The molecule has 0 aliphatic carbocycles. The van der Waals surface area contributed by atoms with Gasteiger partial charge in [0.05, 0.1) is 11.9 Å². The summed E-state index contributed by atoms with van der Waals surface area (Å²) < 4.78 is 0. The van der Waals surface area contributed by atoms with Crippen molar-refractivity contribution in [3.05, 3.63) is 12.4 Å². The number of hydrogen-bond acceptors (Lipinski definition) is 2. The van der Waals surface area contributed by atoms with E-state index in [0.29, 0.717) is 0 Å². The third-order valence-electron chi connectivity index (χ3n) is 1.94. The van der Waals surface area contributed by atoms with E-state index in [9.17, 15) is 4.79 Å². The molecule has 0 saturated heterocycles. The summed E-state index contributed by atoms with van der Waals surface area (Å²) in [5.41, 5.74) is 0.730. The van der Waals surface area contributed by atoms with E-state index in [4.69, 9.17) is 0 Å². The summed E-state index contributed by atoms with van der Waals surface area (Å²) in [6.45, 7) is 4.00. The van der Waals surface area contributed by atoms with Gasteiger partial charge in [0.25, 0.3) is 0 Å². The third-order valence-corrected chi connectivity index (χ3v) is 1.94. The van der Waals surface area contributed by atoms with Gasteiger partial charge < -0.3 is 5.32 Å². The van der Waals surface area contributed by atoms with E-state index in [0.717, 1.165) is 18.5 Å². The number of anilines is 1. The Morgan fingerprint density at radius 3 is 3.08 bits per heavy atom. The minimum Gasteiger partial charge on any atom is -0.323 e. The molecule has 13 heavy (non-hydrogen) atoms. The molecule has 1 unspecified atom stereocenters. The molecule has 0 saturated carbocycles. The predicted molar refractivity (Wildman–Crippen MR) is 51.3 cm³/mol. The molecular formula is C9H15N3O. The molecule has 0 aliphatic rings. The van der Waals surface area contributed by atoms with Crippen LogP contribution in [0.5, 0.6) is 0 Å². The number of aromatic nitrogens is 2. The first kappa shape index (κ1) is 9.77. The zero-order chi connectivity index (χ0) is 9.68. The number of carbonyl (C=O) groups is 1. The fourth-order valence-corrected chi connectivity index (χ4v) is 1.15. The summed E-state index contributed by atoms with van der Waals surface area (Å²) in [7, 11) is 0. The first-order valence-corrected chi connectivity index (χ1v) is 4.53. The zero-order valence-electron chi connectivity index (χ0n) is 8.00. The van der Waals surface area contributed by atoms with Gasteiger partial charge in [0.1, 0.15) is 0 Å². The molecule has 4 heteroatoms. The molecule has 1 atom stereocenters. The Labute approximate surface area is 77.7 Å². The predicted octanol–water partition coefficient (Wildman–Crippen LogP) is 1.78. The average Bonchev–Trinajstić information content (AvgIpc) is 2.57. The van der Waals surface area contributed by atoms with E-state index in [-0.39, 0.29) is 11.8 Å². The van der Waals surface area contributed by atoms with E-state index in [1.807, 2.05) is 6.92 Å². The number of amides is 1. The Bertz CT molecular complexity index is 256. The minimum absolute atomic E-state index is 0.0586. The minimum atomic E-state index is 0.0586. The fraction of sp³-hybridized carbons (Fsp3) is 0.556. The van der Waals surface area contributed by atoms with Gasteiger partial charge in [0, 0.05) is 12.1 Å². The molecule has 4 nitrogen and oxygen atoms in total. The highest BCUT2D eigenvalue weighted by atomic mass is 16.1. The highest BCUT2D eigenvalue weighted by molar-refractivity contribution is 5.91. The van der Waals surface area contributed by atoms with Crippen LogP contribution in [-0.4, -0.2) is 16.1 Å². The van der Waals surface area contributed by atoms with Crippen molar-refractivity contribution in [1.29, 1.82) is 0 Å². The van der Waals surface area contributed by atoms with Gasteiger partial charge in [-0.3, -0.25) is 9.89 Å². The van der Waals surface area contributed by atoms with Gasteiger partial charge in [-0.1, -0.05) is 20.3 Å². The highest BCUT2D eigenvalue weighted by Crippen LogP contribution is 2.09. The van der Waals surface area contributed by atoms with Crippen molar-refractivity contribution in [3.63, 3.8) is 0 Å². The van der Waals surface area contributed by atoms with E-state index in [1.54, 1.807) is 12.4 Å². The summed E-state index contributed by atoms with van der Waals surface area (Å²) in [5.74, 6) is 0.128. The lowest BCUT2D eigenvalue weighted by Gasteiger charge is -2.08. The second-order valence-corrected chi connectivity index (χ2v) is 3.17. The number of rotatable bonds is 4. The largest absolute Gasteiger partial charge is 0.323 e. The Balaban J connectivity index is 2.41. The lowest BCUT2D eigenvalue weighted by molar-refractivity contribution is -0.119. The van der Waals surface area contributed by atoms with Gasteiger partial charge >= 0.3 is 0 Å². The van der Waals surface area contributed by atoms with Crippen LogP contribution in [0.3, 0.4) is 0 Å². The van der Waals surface area contributed by atoms with Crippen molar-refractivity contribution in [2.24, 2.45) is 5.92 Å². The molecule has 2 N–H and O–H groups in total. The van der Waals surface area contributed by atoms with Crippen molar-refractivity contribution in [2.45, 2.75) is 26.7 Å². The molecule has 1 aromatic heterocycles. The van der Waals surface area contributed by atoms with Gasteiger partial charge in [0.2, 0.25) is 5.91 Å². The lowest BCUT2D eigenvalue weighted by Crippen LogP contribution is -2.19. The Kier molecular flexibility index (Phi) is 3.49. The quantitative estimate of drug-likeness (QED) is 0.743. The summed E-state index contributed by atoms with van der Waals surface area (Å²) in [4.78, 5) is 11.4. The van der Waals surface area contributed by atoms with Gasteiger partial charge in [-0.2, -0.15) is 5.10 Å². The zero-order valence-corrected chi connectivity index (χ0v) is 8.00. The molecule has 72 valence electrons. The van der Waals surface area contributed by atoms with Gasteiger partial charge in [0.15, 0.2) is 0 Å². The number of carbonyl (C=O) groups excluding carboxylic acids is 1. The van der Waals surface area contributed by atoms with Crippen LogP contribution in [0.25, 0.3) is 0 Å². The number of hydrogen-bond donors (Lipinski definition) is 2. The molecule has 0 radical (unpaired) electrons. The van der Waals surface area contributed by atoms with E-state index < -0.39 is 0 Å². The standard InChI is InChI=1S/C9H15N3O/c1-3-4-7(2)9(13)12-8-5-10-11-6-8/h5-7H,3-4H2,1-2H3,(H,10,11)(H,12,13). The van der Waals surface area contributed by atoms with Crippen LogP contribution in [0.4, 0.5) is 5.69 Å². The number of nitrogens with one attached hydrogen (secondary N) is 2. The molecule has 0 fully saturated rings. The van der Waals surface area contributed by atoms with Gasteiger partial charge in [-0.15, -0.1) is 0 Å². The van der Waals surface area contributed by atoms with Crippen molar-refractivity contribution < 1.29 is 4.79 Å². The normalized spacial score (nSPS) is 12.5. The van der Waals surface area contributed by atoms with Crippen LogP contribution in [0.1, 0.15) is 26.7 Å². The number of nitrogens with zero attached hydrogens (tertiary/aromatic N) is 1. The maximum Gasteiger partial charge on any atom is 0.227 e. The first-order chi connectivity index (χ1) is 6.24. The van der Waals surface area contributed by atoms with Crippen LogP contribution >= 0.6 is 0 Å². The topological polar surface area (TPSA) is 57.8 Å².